The predicted molar refractivity (Wildman–Crippen MR) is 92.6 cm³/mol. The minimum Gasteiger partial charge on any atom is -0.480 e. The molecular weight excluding hydrogens is 344 g/mol. The Kier molecular flexibility index (Phi) is 7.01. The molecule has 0 spiro atoms. The fraction of sp³-hybridized carbons (Fsp3) is 0.824. The number of ether oxygens (including phenoxy) is 2. The number of aliphatic hydroxyl groups is 1. The zero-order valence-corrected chi connectivity index (χ0v) is 16.2. The van der Waals surface area contributed by atoms with Crippen molar-refractivity contribution in [2.45, 2.75) is 77.4 Å². The van der Waals surface area contributed by atoms with Crippen molar-refractivity contribution in [2.24, 2.45) is 0 Å². The van der Waals surface area contributed by atoms with Gasteiger partial charge in [-0.2, -0.15) is 0 Å². The lowest BCUT2D eigenvalue weighted by atomic mass is 10.1. The number of likely N-dealkylation sites (tertiary alicyclic amines) is 1. The molecule has 0 saturated carbocycles. The van der Waals surface area contributed by atoms with Gasteiger partial charge in [0.1, 0.15) is 11.6 Å². The maximum Gasteiger partial charge on any atom is 0.411 e. The van der Waals surface area contributed by atoms with E-state index in [0.29, 0.717) is 0 Å². The van der Waals surface area contributed by atoms with E-state index >= 15 is 0 Å². The molecule has 1 saturated heterocycles. The van der Waals surface area contributed by atoms with E-state index in [4.69, 9.17) is 9.47 Å². The van der Waals surface area contributed by atoms with Crippen molar-refractivity contribution in [2.75, 3.05) is 13.2 Å². The standard InChI is InChI=1S/C17H30N2O7/c1-16(2,3)25-9-11(14(22)23)18-13(21)12-7-10(20)8-19(12)15(24)26-17(4,5)6/h10-12,20H,7-9H2,1-6H3,(H,18,21)(H,22,23)/t10-,11-,12?/m1/s1. The van der Waals surface area contributed by atoms with Crippen LogP contribution in [0.15, 0.2) is 0 Å². The van der Waals surface area contributed by atoms with Gasteiger partial charge in [-0.15, -0.1) is 0 Å². The zero-order chi connectivity index (χ0) is 20.3. The highest BCUT2D eigenvalue weighted by molar-refractivity contribution is 5.89. The number of aliphatic carboxylic acids is 1. The van der Waals surface area contributed by atoms with Crippen LogP contribution in [-0.2, 0) is 19.1 Å². The molecule has 1 unspecified atom stereocenters. The first-order valence-electron chi connectivity index (χ1n) is 8.54. The van der Waals surface area contributed by atoms with Crippen LogP contribution in [0.3, 0.4) is 0 Å². The number of aliphatic hydroxyl groups excluding tert-OH is 1. The Morgan fingerprint density at radius 1 is 1.15 bits per heavy atom. The summed E-state index contributed by atoms with van der Waals surface area (Å²) < 4.78 is 10.7. The van der Waals surface area contributed by atoms with Crippen molar-refractivity contribution in [3.05, 3.63) is 0 Å². The lowest BCUT2D eigenvalue weighted by Crippen LogP contribution is -2.53. The van der Waals surface area contributed by atoms with Crippen molar-refractivity contribution in [1.29, 1.82) is 0 Å². The van der Waals surface area contributed by atoms with Gasteiger partial charge in [-0.05, 0) is 41.5 Å². The minimum atomic E-state index is -1.26. The first kappa shape index (κ1) is 22.2. The maximum atomic E-state index is 12.5. The van der Waals surface area contributed by atoms with Gasteiger partial charge in [0.25, 0.3) is 0 Å². The monoisotopic (exact) mass is 374 g/mol. The van der Waals surface area contributed by atoms with E-state index < -0.39 is 47.4 Å². The van der Waals surface area contributed by atoms with E-state index in [1.54, 1.807) is 41.5 Å². The number of β-amino-alcohol motifs (C(OH)–C–C–N with tert-alkyl or cyclic N) is 1. The van der Waals surface area contributed by atoms with Crippen molar-refractivity contribution in [3.8, 4) is 0 Å². The molecule has 0 radical (unpaired) electrons. The van der Waals surface area contributed by atoms with E-state index in [1.807, 2.05) is 0 Å². The minimum absolute atomic E-state index is 0.0115. The van der Waals surface area contributed by atoms with E-state index in [1.165, 1.54) is 0 Å². The Morgan fingerprint density at radius 3 is 2.19 bits per heavy atom. The van der Waals surface area contributed by atoms with E-state index in [0.717, 1.165) is 4.90 Å². The number of rotatable bonds is 5. The van der Waals surface area contributed by atoms with Gasteiger partial charge >= 0.3 is 12.1 Å². The van der Waals surface area contributed by atoms with Gasteiger partial charge in [0.05, 0.1) is 24.9 Å². The van der Waals surface area contributed by atoms with Crippen LogP contribution in [0.1, 0.15) is 48.0 Å². The van der Waals surface area contributed by atoms with Crippen LogP contribution in [-0.4, -0.2) is 75.6 Å². The third-order valence-electron chi connectivity index (χ3n) is 3.51. The molecule has 0 aromatic carbocycles. The number of hydrogen-bond acceptors (Lipinski definition) is 6. The summed E-state index contributed by atoms with van der Waals surface area (Å²) in [5, 5.41) is 21.5. The molecule has 150 valence electrons. The summed E-state index contributed by atoms with van der Waals surface area (Å²) in [5.74, 6) is -1.91. The van der Waals surface area contributed by atoms with Crippen LogP contribution >= 0.6 is 0 Å². The number of carboxylic acids is 1. The quantitative estimate of drug-likeness (QED) is 0.648. The van der Waals surface area contributed by atoms with Crippen LogP contribution in [0.4, 0.5) is 4.79 Å². The lowest BCUT2D eigenvalue weighted by molar-refractivity contribution is -0.146. The predicted octanol–water partition coefficient (Wildman–Crippen LogP) is 0.741. The topological polar surface area (TPSA) is 125 Å². The number of carboxylic acid groups (broad SMARTS) is 1. The van der Waals surface area contributed by atoms with Gasteiger partial charge in [-0.3, -0.25) is 9.69 Å². The molecular formula is C17H30N2O7. The highest BCUT2D eigenvalue weighted by Gasteiger charge is 2.42. The SMILES string of the molecule is CC(C)(C)OC[C@@H](NC(=O)C1C[C@@H](O)CN1C(=O)OC(C)(C)C)C(=O)O. The lowest BCUT2D eigenvalue weighted by Gasteiger charge is -2.29. The third kappa shape index (κ3) is 7.17. The van der Waals surface area contributed by atoms with Crippen molar-refractivity contribution in [3.63, 3.8) is 0 Å². The number of nitrogens with one attached hydrogen (secondary N) is 1. The van der Waals surface area contributed by atoms with Gasteiger partial charge in [-0.25, -0.2) is 9.59 Å². The summed E-state index contributed by atoms with van der Waals surface area (Å²) in [6, 6.07) is -2.27. The fourth-order valence-corrected chi connectivity index (χ4v) is 2.36. The van der Waals surface area contributed by atoms with E-state index in [9.17, 15) is 24.6 Å². The summed E-state index contributed by atoms with van der Waals surface area (Å²) in [5.41, 5.74) is -1.32. The van der Waals surface area contributed by atoms with Crippen LogP contribution in [0.2, 0.25) is 0 Å². The Bertz CT molecular complexity index is 536. The molecule has 3 atom stereocenters. The highest BCUT2D eigenvalue weighted by atomic mass is 16.6. The summed E-state index contributed by atoms with van der Waals surface area (Å²) in [7, 11) is 0. The molecule has 0 bridgehead atoms. The fourth-order valence-electron chi connectivity index (χ4n) is 2.36. The Labute approximate surface area is 153 Å². The summed E-state index contributed by atoms with van der Waals surface area (Å²) in [4.78, 5) is 37.3. The van der Waals surface area contributed by atoms with Gasteiger partial charge in [0.2, 0.25) is 5.91 Å². The molecule has 0 aromatic heterocycles. The number of hydrogen-bond donors (Lipinski definition) is 3. The van der Waals surface area contributed by atoms with E-state index in [2.05, 4.69) is 5.32 Å². The molecule has 1 rings (SSSR count). The molecule has 1 heterocycles. The number of carbonyl (C=O) groups is 3. The average molecular weight is 374 g/mol. The second-order valence-corrected chi connectivity index (χ2v) is 8.36. The van der Waals surface area contributed by atoms with Crippen molar-refractivity contribution < 1.29 is 34.1 Å². The average Bonchev–Trinajstić information content (AvgIpc) is 2.82. The van der Waals surface area contributed by atoms with Gasteiger partial charge < -0.3 is 25.0 Å². The molecule has 0 aliphatic carbocycles. The van der Waals surface area contributed by atoms with Gasteiger partial charge in [0.15, 0.2) is 6.04 Å². The molecule has 3 N–H and O–H groups in total. The van der Waals surface area contributed by atoms with E-state index in [-0.39, 0.29) is 19.6 Å². The Hall–Kier alpha value is -1.87. The molecule has 26 heavy (non-hydrogen) atoms. The number of amides is 2. The van der Waals surface area contributed by atoms with Crippen LogP contribution in [0.5, 0.6) is 0 Å². The van der Waals surface area contributed by atoms with Crippen LogP contribution < -0.4 is 5.32 Å². The highest BCUT2D eigenvalue weighted by Crippen LogP contribution is 2.21. The Morgan fingerprint density at radius 2 is 1.73 bits per heavy atom. The van der Waals surface area contributed by atoms with Gasteiger partial charge in [-0.1, -0.05) is 0 Å². The third-order valence-corrected chi connectivity index (χ3v) is 3.51. The number of carbonyl (C=O) groups excluding carboxylic acids is 2. The summed E-state index contributed by atoms with van der Waals surface area (Å²) in [6.45, 7) is 10.1. The van der Waals surface area contributed by atoms with Crippen LogP contribution in [0, 0.1) is 0 Å². The summed E-state index contributed by atoms with van der Waals surface area (Å²) in [6.07, 6.45) is -1.60. The first-order chi connectivity index (χ1) is 11.7. The molecule has 1 aliphatic rings. The molecule has 1 fully saturated rings. The zero-order valence-electron chi connectivity index (χ0n) is 16.2. The summed E-state index contributed by atoms with van der Waals surface area (Å²) >= 11 is 0. The molecule has 1 aliphatic heterocycles. The number of nitrogens with zero attached hydrogens (tertiary/aromatic N) is 1. The second kappa shape index (κ2) is 8.22. The molecule has 0 aromatic rings. The molecule has 9 heteroatoms. The van der Waals surface area contributed by atoms with Crippen molar-refractivity contribution in [1.82, 2.24) is 10.2 Å². The smallest absolute Gasteiger partial charge is 0.411 e. The van der Waals surface area contributed by atoms with Crippen molar-refractivity contribution >= 4 is 18.0 Å². The normalized spacial score (nSPS) is 22.0. The maximum absolute atomic E-state index is 12.5. The molecule has 9 nitrogen and oxygen atoms in total. The Balaban J connectivity index is 2.80. The van der Waals surface area contributed by atoms with Crippen LogP contribution in [0.25, 0.3) is 0 Å². The largest absolute Gasteiger partial charge is 0.480 e. The van der Waals surface area contributed by atoms with Gasteiger partial charge in [0, 0.05) is 6.42 Å². The first-order valence-corrected chi connectivity index (χ1v) is 8.54. The molecule has 2 amide bonds. The second-order valence-electron chi connectivity index (χ2n) is 8.36.